The zero-order valence-corrected chi connectivity index (χ0v) is 14.3. The molecule has 1 fully saturated rings. The molecule has 0 aliphatic carbocycles. The van der Waals surface area contributed by atoms with Crippen LogP contribution in [0.25, 0.3) is 10.8 Å². The predicted octanol–water partition coefficient (Wildman–Crippen LogP) is 4.49. The Morgan fingerprint density at radius 1 is 0.833 bits per heavy atom. The maximum atomic E-state index is 6.12. The fraction of sp³-hybridized carbons (Fsp3) is 0.238. The molecule has 0 spiro atoms. The van der Waals surface area contributed by atoms with Crippen LogP contribution >= 0.6 is 11.6 Å². The van der Waals surface area contributed by atoms with Gasteiger partial charge in [0.15, 0.2) is 0 Å². The summed E-state index contributed by atoms with van der Waals surface area (Å²) in [6.45, 7) is 4.18. The Kier molecular flexibility index (Phi) is 4.52. The highest BCUT2D eigenvalue weighted by Gasteiger charge is 2.25. The first-order chi connectivity index (χ1) is 11.8. The molecule has 1 saturated heterocycles. The average Bonchev–Trinajstić information content (AvgIpc) is 2.65. The van der Waals surface area contributed by atoms with Crippen LogP contribution in [0.2, 0.25) is 5.02 Å². The summed E-state index contributed by atoms with van der Waals surface area (Å²) >= 11 is 6.12. The minimum Gasteiger partial charge on any atom is -0.314 e. The SMILES string of the molecule is Clc1ccc(C(c2cccc3ccccc23)N2CCNCC2)cc1. The van der Waals surface area contributed by atoms with Gasteiger partial charge in [-0.15, -0.1) is 0 Å². The topological polar surface area (TPSA) is 15.3 Å². The van der Waals surface area contributed by atoms with Crippen molar-refractivity contribution in [2.75, 3.05) is 26.2 Å². The molecule has 3 aromatic carbocycles. The normalized spacial score (nSPS) is 17.0. The van der Waals surface area contributed by atoms with Gasteiger partial charge in [0.1, 0.15) is 0 Å². The van der Waals surface area contributed by atoms with Crippen LogP contribution < -0.4 is 5.32 Å². The fourth-order valence-electron chi connectivity index (χ4n) is 3.66. The molecule has 1 N–H and O–H groups in total. The van der Waals surface area contributed by atoms with Gasteiger partial charge in [-0.25, -0.2) is 0 Å². The average molecular weight is 337 g/mol. The van der Waals surface area contributed by atoms with Crippen molar-refractivity contribution < 1.29 is 0 Å². The van der Waals surface area contributed by atoms with E-state index in [4.69, 9.17) is 11.6 Å². The molecule has 4 rings (SSSR count). The molecule has 1 heterocycles. The van der Waals surface area contributed by atoms with Crippen LogP contribution in [0, 0.1) is 0 Å². The Bertz CT molecular complexity index is 817. The third-order valence-corrected chi connectivity index (χ3v) is 5.07. The van der Waals surface area contributed by atoms with Gasteiger partial charge in [-0.2, -0.15) is 0 Å². The van der Waals surface area contributed by atoms with E-state index in [1.54, 1.807) is 0 Å². The lowest BCUT2D eigenvalue weighted by atomic mass is 9.92. The Labute approximate surface area is 148 Å². The molecule has 3 aromatic rings. The third-order valence-electron chi connectivity index (χ3n) is 4.82. The number of hydrogen-bond donors (Lipinski definition) is 1. The van der Waals surface area contributed by atoms with Gasteiger partial charge >= 0.3 is 0 Å². The zero-order chi connectivity index (χ0) is 16.4. The van der Waals surface area contributed by atoms with Crippen molar-refractivity contribution in [3.63, 3.8) is 0 Å². The van der Waals surface area contributed by atoms with E-state index in [9.17, 15) is 0 Å². The van der Waals surface area contributed by atoms with Crippen LogP contribution in [-0.4, -0.2) is 31.1 Å². The fourth-order valence-corrected chi connectivity index (χ4v) is 3.79. The lowest BCUT2D eigenvalue weighted by molar-refractivity contribution is 0.199. The highest BCUT2D eigenvalue weighted by Crippen LogP contribution is 2.34. The summed E-state index contributed by atoms with van der Waals surface area (Å²) in [6, 6.07) is 23.9. The van der Waals surface area contributed by atoms with Crippen molar-refractivity contribution in [2.24, 2.45) is 0 Å². The van der Waals surface area contributed by atoms with E-state index >= 15 is 0 Å². The monoisotopic (exact) mass is 336 g/mol. The van der Waals surface area contributed by atoms with Gasteiger partial charge in [0.2, 0.25) is 0 Å². The second-order valence-corrected chi connectivity index (χ2v) is 6.74. The summed E-state index contributed by atoms with van der Waals surface area (Å²) in [7, 11) is 0. The molecular formula is C21H21ClN2. The van der Waals surface area contributed by atoms with Crippen molar-refractivity contribution in [3.8, 4) is 0 Å². The molecule has 0 radical (unpaired) electrons. The van der Waals surface area contributed by atoms with Gasteiger partial charge in [-0.1, -0.05) is 66.2 Å². The molecule has 0 saturated carbocycles. The minimum atomic E-state index is 0.260. The van der Waals surface area contributed by atoms with E-state index in [2.05, 4.69) is 64.8 Å². The van der Waals surface area contributed by atoms with E-state index in [0.29, 0.717) is 0 Å². The summed E-state index contributed by atoms with van der Waals surface area (Å²) < 4.78 is 0. The number of halogens is 1. The molecule has 3 heteroatoms. The zero-order valence-electron chi connectivity index (χ0n) is 13.6. The molecule has 1 atom stereocenters. The maximum Gasteiger partial charge on any atom is 0.0608 e. The molecule has 122 valence electrons. The van der Waals surface area contributed by atoms with Gasteiger partial charge in [0, 0.05) is 31.2 Å². The predicted molar refractivity (Wildman–Crippen MR) is 102 cm³/mol. The van der Waals surface area contributed by atoms with Crippen molar-refractivity contribution in [2.45, 2.75) is 6.04 Å². The summed E-state index contributed by atoms with van der Waals surface area (Å²) in [4.78, 5) is 2.57. The van der Waals surface area contributed by atoms with Crippen LogP contribution in [-0.2, 0) is 0 Å². The first kappa shape index (κ1) is 15.6. The van der Waals surface area contributed by atoms with Crippen molar-refractivity contribution in [1.82, 2.24) is 10.2 Å². The first-order valence-corrected chi connectivity index (χ1v) is 8.88. The Morgan fingerprint density at radius 2 is 1.54 bits per heavy atom. The largest absolute Gasteiger partial charge is 0.314 e. The van der Waals surface area contributed by atoms with Gasteiger partial charge in [-0.05, 0) is 34.0 Å². The van der Waals surface area contributed by atoms with Gasteiger partial charge in [-0.3, -0.25) is 4.90 Å². The van der Waals surface area contributed by atoms with Crippen molar-refractivity contribution >= 4 is 22.4 Å². The second-order valence-electron chi connectivity index (χ2n) is 6.31. The summed E-state index contributed by atoms with van der Waals surface area (Å²) in [5.41, 5.74) is 2.68. The Balaban J connectivity index is 1.86. The summed E-state index contributed by atoms with van der Waals surface area (Å²) in [5, 5.41) is 6.87. The molecule has 1 aliphatic rings. The Hall–Kier alpha value is -1.87. The first-order valence-electron chi connectivity index (χ1n) is 8.51. The molecule has 1 aliphatic heterocycles. The second kappa shape index (κ2) is 6.94. The molecule has 0 bridgehead atoms. The molecule has 0 aromatic heterocycles. The molecule has 24 heavy (non-hydrogen) atoms. The van der Waals surface area contributed by atoms with Gasteiger partial charge < -0.3 is 5.32 Å². The summed E-state index contributed by atoms with van der Waals surface area (Å²) in [5.74, 6) is 0. The standard InChI is InChI=1S/C21H21ClN2/c22-18-10-8-17(9-11-18)21(24-14-12-23-13-15-24)20-7-3-5-16-4-1-2-6-19(16)20/h1-11,21,23H,12-15H2. The number of fused-ring (bicyclic) bond motifs is 1. The number of hydrogen-bond acceptors (Lipinski definition) is 2. The van der Waals surface area contributed by atoms with E-state index in [-0.39, 0.29) is 6.04 Å². The molecule has 0 amide bonds. The quantitative estimate of drug-likeness (QED) is 0.758. The number of benzene rings is 3. The molecule has 2 nitrogen and oxygen atoms in total. The van der Waals surface area contributed by atoms with Gasteiger partial charge in [0.25, 0.3) is 0 Å². The summed E-state index contributed by atoms with van der Waals surface area (Å²) in [6.07, 6.45) is 0. The lowest BCUT2D eigenvalue weighted by Crippen LogP contribution is -2.45. The number of piperazine rings is 1. The van der Waals surface area contributed by atoms with Crippen LogP contribution in [0.3, 0.4) is 0 Å². The van der Waals surface area contributed by atoms with E-state index in [1.807, 2.05) is 12.1 Å². The highest BCUT2D eigenvalue weighted by atomic mass is 35.5. The van der Waals surface area contributed by atoms with Crippen LogP contribution in [0.4, 0.5) is 0 Å². The van der Waals surface area contributed by atoms with Crippen LogP contribution in [0.5, 0.6) is 0 Å². The number of nitrogens with zero attached hydrogens (tertiary/aromatic N) is 1. The van der Waals surface area contributed by atoms with E-state index < -0.39 is 0 Å². The van der Waals surface area contributed by atoms with Crippen LogP contribution in [0.1, 0.15) is 17.2 Å². The van der Waals surface area contributed by atoms with E-state index in [1.165, 1.54) is 21.9 Å². The Morgan fingerprint density at radius 3 is 2.33 bits per heavy atom. The van der Waals surface area contributed by atoms with Gasteiger partial charge in [0.05, 0.1) is 6.04 Å². The number of rotatable bonds is 3. The van der Waals surface area contributed by atoms with Crippen molar-refractivity contribution in [3.05, 3.63) is 82.9 Å². The lowest BCUT2D eigenvalue weighted by Gasteiger charge is -2.36. The van der Waals surface area contributed by atoms with Crippen LogP contribution in [0.15, 0.2) is 66.7 Å². The van der Waals surface area contributed by atoms with Crippen molar-refractivity contribution in [1.29, 1.82) is 0 Å². The minimum absolute atomic E-state index is 0.260. The molecular weight excluding hydrogens is 316 g/mol. The number of nitrogens with one attached hydrogen (secondary N) is 1. The van der Waals surface area contributed by atoms with E-state index in [0.717, 1.165) is 31.2 Å². The maximum absolute atomic E-state index is 6.12. The highest BCUT2D eigenvalue weighted by molar-refractivity contribution is 6.30. The molecule has 1 unspecified atom stereocenters. The smallest absolute Gasteiger partial charge is 0.0608 e. The third kappa shape index (κ3) is 3.05.